The van der Waals surface area contributed by atoms with Crippen molar-refractivity contribution in [1.29, 1.82) is 0 Å². The van der Waals surface area contributed by atoms with Gasteiger partial charge in [0.1, 0.15) is 18.7 Å². The van der Waals surface area contributed by atoms with Crippen molar-refractivity contribution in [2.75, 3.05) is 0 Å². The summed E-state index contributed by atoms with van der Waals surface area (Å²) in [5.74, 6) is 1.67. The Morgan fingerprint density at radius 3 is 2.84 bits per heavy atom. The molecule has 5 nitrogen and oxygen atoms in total. The van der Waals surface area contributed by atoms with E-state index in [4.69, 9.17) is 10.5 Å². The number of para-hydroxylation sites is 1. The zero-order chi connectivity index (χ0) is 13.7. The Morgan fingerprint density at radius 2 is 2.16 bits per heavy atom. The molecule has 0 saturated carbocycles. The van der Waals surface area contributed by atoms with E-state index >= 15 is 0 Å². The van der Waals surface area contributed by atoms with Crippen molar-refractivity contribution in [2.24, 2.45) is 12.8 Å². The molecule has 0 amide bonds. The van der Waals surface area contributed by atoms with E-state index in [0.29, 0.717) is 6.61 Å². The van der Waals surface area contributed by atoms with Crippen LogP contribution in [0.4, 0.5) is 0 Å². The smallest absolute Gasteiger partial charge is 0.164 e. The van der Waals surface area contributed by atoms with Crippen LogP contribution in [0.25, 0.3) is 0 Å². The van der Waals surface area contributed by atoms with E-state index < -0.39 is 0 Å². The molecule has 0 saturated heterocycles. The molecule has 0 aliphatic carbocycles. The van der Waals surface area contributed by atoms with Gasteiger partial charge in [-0.1, -0.05) is 25.1 Å². The molecule has 1 aromatic heterocycles. The highest BCUT2D eigenvalue weighted by molar-refractivity contribution is 5.34. The second-order valence-electron chi connectivity index (χ2n) is 4.57. The van der Waals surface area contributed by atoms with Crippen molar-refractivity contribution in [3.63, 3.8) is 0 Å². The number of nitrogens with two attached hydrogens (primary N) is 1. The van der Waals surface area contributed by atoms with Gasteiger partial charge >= 0.3 is 0 Å². The Labute approximate surface area is 113 Å². The number of nitrogens with zero attached hydrogens (tertiary/aromatic N) is 3. The average molecular weight is 260 g/mol. The third kappa shape index (κ3) is 3.54. The highest BCUT2D eigenvalue weighted by atomic mass is 16.5. The Kier molecular flexibility index (Phi) is 4.52. The summed E-state index contributed by atoms with van der Waals surface area (Å²) in [6.45, 7) is 2.50. The maximum atomic E-state index is 6.01. The summed E-state index contributed by atoms with van der Waals surface area (Å²) >= 11 is 0. The summed E-state index contributed by atoms with van der Waals surface area (Å²) in [5, 5.41) is 4.02. The lowest BCUT2D eigenvalue weighted by Gasteiger charge is -2.14. The SMILES string of the molecule is CCC(N)Cc1ccccc1OCc1ncnn1C. The number of hydrogen-bond acceptors (Lipinski definition) is 4. The first-order valence-electron chi connectivity index (χ1n) is 6.50. The Hall–Kier alpha value is -1.88. The van der Waals surface area contributed by atoms with Crippen LogP contribution in [0.3, 0.4) is 0 Å². The van der Waals surface area contributed by atoms with E-state index in [1.165, 1.54) is 6.33 Å². The molecule has 19 heavy (non-hydrogen) atoms. The number of hydrogen-bond donors (Lipinski definition) is 1. The van der Waals surface area contributed by atoms with Crippen molar-refractivity contribution in [2.45, 2.75) is 32.4 Å². The van der Waals surface area contributed by atoms with E-state index in [-0.39, 0.29) is 6.04 Å². The number of ether oxygens (including phenoxy) is 1. The fourth-order valence-electron chi connectivity index (χ4n) is 1.83. The third-order valence-corrected chi connectivity index (χ3v) is 3.14. The molecule has 2 rings (SSSR count). The molecule has 0 aliphatic rings. The molecule has 0 fully saturated rings. The lowest BCUT2D eigenvalue weighted by Crippen LogP contribution is -2.21. The highest BCUT2D eigenvalue weighted by Crippen LogP contribution is 2.20. The molecular weight excluding hydrogens is 240 g/mol. The molecule has 2 aromatic rings. The van der Waals surface area contributed by atoms with Crippen molar-refractivity contribution < 1.29 is 4.74 Å². The van der Waals surface area contributed by atoms with Gasteiger partial charge in [0, 0.05) is 13.1 Å². The summed E-state index contributed by atoms with van der Waals surface area (Å²) in [7, 11) is 1.85. The second kappa shape index (κ2) is 6.33. The van der Waals surface area contributed by atoms with E-state index in [0.717, 1.165) is 30.0 Å². The topological polar surface area (TPSA) is 66.0 Å². The van der Waals surface area contributed by atoms with Gasteiger partial charge in [0.15, 0.2) is 5.82 Å². The first-order chi connectivity index (χ1) is 9.20. The molecule has 1 atom stereocenters. The van der Waals surface area contributed by atoms with Crippen molar-refractivity contribution in [3.8, 4) is 5.75 Å². The third-order valence-electron chi connectivity index (χ3n) is 3.14. The molecule has 0 radical (unpaired) electrons. The summed E-state index contributed by atoms with van der Waals surface area (Å²) < 4.78 is 7.54. The summed E-state index contributed by atoms with van der Waals surface area (Å²) in [6, 6.07) is 8.16. The second-order valence-corrected chi connectivity index (χ2v) is 4.57. The van der Waals surface area contributed by atoms with E-state index in [2.05, 4.69) is 23.1 Å². The molecule has 1 heterocycles. The van der Waals surface area contributed by atoms with Crippen molar-refractivity contribution >= 4 is 0 Å². The number of aryl methyl sites for hydroxylation is 1. The van der Waals surface area contributed by atoms with Crippen LogP contribution in [0.1, 0.15) is 24.7 Å². The maximum Gasteiger partial charge on any atom is 0.164 e. The lowest BCUT2D eigenvalue weighted by molar-refractivity contribution is 0.286. The first-order valence-corrected chi connectivity index (χ1v) is 6.50. The van der Waals surface area contributed by atoms with Crippen molar-refractivity contribution in [3.05, 3.63) is 42.0 Å². The van der Waals surface area contributed by atoms with Crippen LogP contribution in [0.5, 0.6) is 5.75 Å². The van der Waals surface area contributed by atoms with Gasteiger partial charge in [-0.15, -0.1) is 0 Å². The quantitative estimate of drug-likeness (QED) is 0.858. The first kappa shape index (κ1) is 13.5. The van der Waals surface area contributed by atoms with Gasteiger partial charge in [0.05, 0.1) is 0 Å². The molecule has 0 aliphatic heterocycles. The summed E-state index contributed by atoms with van der Waals surface area (Å²) in [5.41, 5.74) is 7.14. The van der Waals surface area contributed by atoms with Gasteiger partial charge < -0.3 is 10.5 Å². The standard InChI is InChI=1S/C14H20N4O/c1-3-12(15)8-11-6-4-5-7-13(11)19-9-14-16-10-17-18(14)2/h4-7,10,12H,3,8-9,15H2,1-2H3. The van der Waals surface area contributed by atoms with Crippen molar-refractivity contribution in [1.82, 2.24) is 14.8 Å². The van der Waals surface area contributed by atoms with Gasteiger partial charge in [-0.05, 0) is 24.5 Å². The Morgan fingerprint density at radius 1 is 1.37 bits per heavy atom. The minimum absolute atomic E-state index is 0.166. The fraction of sp³-hybridized carbons (Fsp3) is 0.429. The van der Waals surface area contributed by atoms with Crippen LogP contribution in [-0.4, -0.2) is 20.8 Å². The molecule has 2 N–H and O–H groups in total. The molecule has 0 bridgehead atoms. The predicted molar refractivity (Wildman–Crippen MR) is 73.7 cm³/mol. The molecular formula is C14H20N4O. The van der Waals surface area contributed by atoms with Gasteiger partial charge in [0.2, 0.25) is 0 Å². The Bertz CT molecular complexity index is 524. The summed E-state index contributed by atoms with van der Waals surface area (Å²) in [6.07, 6.45) is 3.31. The molecule has 1 unspecified atom stereocenters. The van der Waals surface area contributed by atoms with Gasteiger partial charge in [-0.2, -0.15) is 5.10 Å². The normalized spacial score (nSPS) is 12.4. The maximum absolute atomic E-state index is 6.01. The van der Waals surface area contributed by atoms with Gasteiger partial charge in [0.25, 0.3) is 0 Å². The van der Waals surface area contributed by atoms with Gasteiger partial charge in [-0.25, -0.2) is 4.98 Å². The number of aromatic nitrogens is 3. The van der Waals surface area contributed by atoms with Crippen LogP contribution >= 0.6 is 0 Å². The lowest BCUT2D eigenvalue weighted by atomic mass is 10.0. The zero-order valence-corrected chi connectivity index (χ0v) is 11.4. The molecule has 102 valence electrons. The molecule has 5 heteroatoms. The van der Waals surface area contributed by atoms with E-state index in [9.17, 15) is 0 Å². The number of rotatable bonds is 6. The van der Waals surface area contributed by atoms with Gasteiger partial charge in [-0.3, -0.25) is 4.68 Å². The van der Waals surface area contributed by atoms with Crippen LogP contribution in [-0.2, 0) is 20.1 Å². The average Bonchev–Trinajstić information content (AvgIpc) is 2.83. The monoisotopic (exact) mass is 260 g/mol. The van der Waals surface area contributed by atoms with Crippen LogP contribution in [0.15, 0.2) is 30.6 Å². The van der Waals surface area contributed by atoms with Crippen LogP contribution < -0.4 is 10.5 Å². The van der Waals surface area contributed by atoms with E-state index in [1.807, 2.05) is 25.2 Å². The number of benzene rings is 1. The minimum Gasteiger partial charge on any atom is -0.485 e. The van der Waals surface area contributed by atoms with E-state index in [1.54, 1.807) is 4.68 Å². The zero-order valence-electron chi connectivity index (χ0n) is 11.4. The summed E-state index contributed by atoms with van der Waals surface area (Å²) in [4.78, 5) is 4.14. The minimum atomic E-state index is 0.166. The predicted octanol–water partition coefficient (Wildman–Crippen LogP) is 1.67. The largest absolute Gasteiger partial charge is 0.485 e. The highest BCUT2D eigenvalue weighted by Gasteiger charge is 2.08. The fourth-order valence-corrected chi connectivity index (χ4v) is 1.83. The molecule has 0 spiro atoms. The Balaban J connectivity index is 2.05. The van der Waals surface area contributed by atoms with Crippen LogP contribution in [0.2, 0.25) is 0 Å². The molecule has 1 aromatic carbocycles. The van der Waals surface area contributed by atoms with Crippen LogP contribution in [0, 0.1) is 0 Å².